The average Bonchev–Trinajstić information content (AvgIpc) is 2.66. The van der Waals surface area contributed by atoms with Crippen molar-refractivity contribution in [3.8, 4) is 0 Å². The third-order valence-electron chi connectivity index (χ3n) is 3.93. The third kappa shape index (κ3) is 4.63. The van der Waals surface area contributed by atoms with E-state index >= 15 is 0 Å². The maximum Gasteiger partial charge on any atom is 0.255 e. The number of hydrogen-bond donors (Lipinski definition) is 1. The fourth-order valence-electron chi connectivity index (χ4n) is 2.53. The highest BCUT2D eigenvalue weighted by atomic mass is 19.1. The van der Waals surface area contributed by atoms with E-state index < -0.39 is 0 Å². The lowest BCUT2D eigenvalue weighted by Gasteiger charge is -2.17. The molecule has 6 heteroatoms. The Morgan fingerprint density at radius 2 is 1.88 bits per heavy atom. The number of rotatable bonds is 6. The van der Waals surface area contributed by atoms with Crippen molar-refractivity contribution in [2.45, 2.75) is 6.42 Å². The number of halogens is 1. The molecule has 1 amide bonds. The molecule has 0 atom stereocenters. The molecule has 3 rings (SSSR count). The van der Waals surface area contributed by atoms with Crippen LogP contribution in [0.2, 0.25) is 0 Å². The van der Waals surface area contributed by atoms with Crippen LogP contribution in [-0.2, 0) is 6.42 Å². The Labute approximate surface area is 151 Å². The summed E-state index contributed by atoms with van der Waals surface area (Å²) in [5.74, 6) is -0.444. The minimum absolute atomic E-state index is 0.116. The van der Waals surface area contributed by atoms with E-state index in [1.54, 1.807) is 48.7 Å². The van der Waals surface area contributed by atoms with Crippen LogP contribution in [0.5, 0.6) is 0 Å². The molecule has 26 heavy (non-hydrogen) atoms. The number of benzene rings is 1. The Hall–Kier alpha value is -3.28. The summed E-state index contributed by atoms with van der Waals surface area (Å²) in [5, 5.41) is 3.06. The van der Waals surface area contributed by atoms with Crippen molar-refractivity contribution in [1.29, 1.82) is 0 Å². The van der Waals surface area contributed by atoms with Crippen LogP contribution in [0.3, 0.4) is 0 Å². The molecule has 0 spiro atoms. The number of pyridine rings is 2. The monoisotopic (exact) mass is 350 g/mol. The summed E-state index contributed by atoms with van der Waals surface area (Å²) in [5.41, 5.74) is 2.83. The number of nitrogens with zero attached hydrogens (tertiary/aromatic N) is 3. The second-order valence-electron chi connectivity index (χ2n) is 5.93. The summed E-state index contributed by atoms with van der Waals surface area (Å²) in [6.45, 7) is 0.588. The topological polar surface area (TPSA) is 58.1 Å². The van der Waals surface area contributed by atoms with Gasteiger partial charge in [-0.3, -0.25) is 14.8 Å². The minimum Gasteiger partial charge on any atom is -0.354 e. The largest absolute Gasteiger partial charge is 0.354 e. The van der Waals surface area contributed by atoms with E-state index in [1.807, 2.05) is 12.1 Å². The summed E-state index contributed by atoms with van der Waals surface area (Å²) in [7, 11) is 1.76. The van der Waals surface area contributed by atoms with Crippen LogP contribution < -0.4 is 5.32 Å². The number of hydrogen-bond acceptors (Lipinski definition) is 4. The molecular weight excluding hydrogens is 331 g/mol. The molecular formula is C20H19FN4O. The first kappa shape index (κ1) is 17.5. The number of carbonyl (C=O) groups is 1. The molecule has 2 heterocycles. The van der Waals surface area contributed by atoms with Crippen molar-refractivity contribution in [1.82, 2.24) is 14.9 Å². The van der Waals surface area contributed by atoms with Gasteiger partial charge in [-0.05, 0) is 48.4 Å². The molecule has 5 nitrogen and oxygen atoms in total. The van der Waals surface area contributed by atoms with Gasteiger partial charge >= 0.3 is 0 Å². The molecule has 0 aliphatic rings. The number of amides is 1. The fourth-order valence-corrected chi connectivity index (χ4v) is 2.53. The highest BCUT2D eigenvalue weighted by Gasteiger charge is 2.13. The van der Waals surface area contributed by atoms with Gasteiger partial charge in [-0.15, -0.1) is 0 Å². The van der Waals surface area contributed by atoms with Crippen LogP contribution in [0.1, 0.15) is 15.9 Å². The van der Waals surface area contributed by atoms with E-state index in [1.165, 1.54) is 18.3 Å². The van der Waals surface area contributed by atoms with E-state index in [0.29, 0.717) is 23.5 Å². The van der Waals surface area contributed by atoms with Crippen molar-refractivity contribution < 1.29 is 9.18 Å². The Bertz CT molecular complexity index is 886. The maximum absolute atomic E-state index is 13.3. The number of carbonyl (C=O) groups excluding carboxylic acids is 1. The van der Waals surface area contributed by atoms with Gasteiger partial charge in [0.2, 0.25) is 0 Å². The quantitative estimate of drug-likeness (QED) is 0.737. The van der Waals surface area contributed by atoms with Gasteiger partial charge < -0.3 is 10.2 Å². The normalized spacial score (nSPS) is 10.4. The lowest BCUT2D eigenvalue weighted by molar-refractivity contribution is 0.0796. The number of likely N-dealkylation sites (N-methyl/N-ethyl adjacent to an activating group) is 1. The van der Waals surface area contributed by atoms with Crippen LogP contribution in [0.25, 0.3) is 0 Å². The summed E-state index contributed by atoms with van der Waals surface area (Å²) in [6, 6.07) is 11.7. The first-order valence-electron chi connectivity index (χ1n) is 8.24. The van der Waals surface area contributed by atoms with Crippen molar-refractivity contribution in [3.63, 3.8) is 0 Å². The van der Waals surface area contributed by atoms with Gasteiger partial charge in [0.1, 0.15) is 5.82 Å². The third-order valence-corrected chi connectivity index (χ3v) is 3.93. The van der Waals surface area contributed by atoms with Gasteiger partial charge in [0.05, 0.1) is 17.4 Å². The molecule has 0 bridgehead atoms. The lowest BCUT2D eigenvalue weighted by atomic mass is 10.2. The molecule has 1 aromatic carbocycles. The summed E-state index contributed by atoms with van der Waals surface area (Å²) < 4.78 is 13.3. The highest BCUT2D eigenvalue weighted by molar-refractivity contribution is 5.94. The Morgan fingerprint density at radius 1 is 1.08 bits per heavy atom. The number of nitrogens with one attached hydrogen (secondary N) is 1. The van der Waals surface area contributed by atoms with Gasteiger partial charge in [0.25, 0.3) is 5.91 Å². The van der Waals surface area contributed by atoms with E-state index in [9.17, 15) is 9.18 Å². The van der Waals surface area contributed by atoms with Gasteiger partial charge in [-0.1, -0.05) is 6.07 Å². The summed E-state index contributed by atoms with van der Waals surface area (Å²) in [4.78, 5) is 22.4. The molecule has 3 aromatic rings. The lowest BCUT2D eigenvalue weighted by Crippen LogP contribution is -2.29. The van der Waals surface area contributed by atoms with Gasteiger partial charge in [0.15, 0.2) is 0 Å². The molecule has 1 N–H and O–H groups in total. The number of aromatic nitrogens is 2. The van der Waals surface area contributed by atoms with Crippen molar-refractivity contribution >= 4 is 17.3 Å². The smallest absolute Gasteiger partial charge is 0.255 e. The second kappa shape index (κ2) is 8.20. The first-order chi connectivity index (χ1) is 12.6. The fraction of sp³-hybridized carbons (Fsp3) is 0.150. The minimum atomic E-state index is -0.328. The Kier molecular flexibility index (Phi) is 5.53. The summed E-state index contributed by atoms with van der Waals surface area (Å²) >= 11 is 0. The predicted molar refractivity (Wildman–Crippen MR) is 98.8 cm³/mol. The highest BCUT2D eigenvalue weighted by Crippen LogP contribution is 2.18. The molecule has 0 radical (unpaired) electrons. The van der Waals surface area contributed by atoms with Gasteiger partial charge in [0, 0.05) is 37.9 Å². The van der Waals surface area contributed by atoms with Crippen LogP contribution in [-0.4, -0.2) is 34.4 Å². The Morgan fingerprint density at radius 3 is 2.65 bits per heavy atom. The molecule has 132 valence electrons. The van der Waals surface area contributed by atoms with Crippen LogP contribution in [0.4, 0.5) is 15.8 Å². The van der Waals surface area contributed by atoms with Gasteiger partial charge in [-0.2, -0.15) is 0 Å². The zero-order valence-corrected chi connectivity index (χ0v) is 14.4. The molecule has 0 unspecified atom stereocenters. The second-order valence-corrected chi connectivity index (χ2v) is 5.93. The molecule has 2 aromatic heterocycles. The molecule has 0 saturated carbocycles. The molecule has 0 aliphatic carbocycles. The number of anilines is 2. The Balaban J connectivity index is 1.65. The van der Waals surface area contributed by atoms with Crippen molar-refractivity contribution in [3.05, 3.63) is 84.2 Å². The SMILES string of the molecule is CN(CCc1ccncc1)C(=O)c1cncc(Nc2cccc(F)c2)c1. The van der Waals surface area contributed by atoms with E-state index in [0.717, 1.165) is 12.0 Å². The van der Waals surface area contributed by atoms with Crippen LogP contribution in [0.15, 0.2) is 67.3 Å². The van der Waals surface area contributed by atoms with Crippen LogP contribution in [0, 0.1) is 5.82 Å². The average molecular weight is 350 g/mol. The van der Waals surface area contributed by atoms with E-state index in [2.05, 4.69) is 15.3 Å². The predicted octanol–water partition coefficient (Wildman–Crippen LogP) is 3.67. The zero-order chi connectivity index (χ0) is 18.4. The standard InChI is InChI=1S/C20H19FN4O/c1-25(10-7-15-5-8-22-9-6-15)20(26)16-11-19(14-23-13-16)24-18-4-2-3-17(21)12-18/h2-6,8-9,11-14,24H,7,10H2,1H3. The summed E-state index contributed by atoms with van der Waals surface area (Å²) in [6.07, 6.45) is 7.35. The van der Waals surface area contributed by atoms with Crippen molar-refractivity contribution in [2.75, 3.05) is 18.9 Å². The maximum atomic E-state index is 13.3. The zero-order valence-electron chi connectivity index (χ0n) is 14.4. The van der Waals surface area contributed by atoms with E-state index in [4.69, 9.17) is 0 Å². The van der Waals surface area contributed by atoms with E-state index in [-0.39, 0.29) is 11.7 Å². The molecule has 0 aliphatic heterocycles. The first-order valence-corrected chi connectivity index (χ1v) is 8.24. The molecule has 0 fully saturated rings. The van der Waals surface area contributed by atoms with Crippen LogP contribution >= 0.6 is 0 Å². The van der Waals surface area contributed by atoms with Gasteiger partial charge in [-0.25, -0.2) is 4.39 Å². The molecule has 0 saturated heterocycles. The van der Waals surface area contributed by atoms with Crippen molar-refractivity contribution in [2.24, 2.45) is 0 Å².